The predicted molar refractivity (Wildman–Crippen MR) is 83.9 cm³/mol. The van der Waals surface area contributed by atoms with Crippen LogP contribution in [-0.2, 0) is 9.47 Å². The van der Waals surface area contributed by atoms with Crippen LogP contribution in [0, 0.1) is 5.82 Å². The average Bonchev–Trinajstić information content (AvgIpc) is 2.91. The SMILES string of the molecule is O=C(OC[C@H]1O[C@@H](n2cc(F)c(=O)[nH]c2=O)[C@H](O)[C@@H]1O)c1ccccc1. The minimum Gasteiger partial charge on any atom is -0.459 e. The summed E-state index contributed by atoms with van der Waals surface area (Å²) in [5.74, 6) is -1.92. The number of H-pyrrole nitrogens is 1. The van der Waals surface area contributed by atoms with Crippen molar-refractivity contribution in [3.63, 3.8) is 0 Å². The Morgan fingerprint density at radius 2 is 1.92 bits per heavy atom. The molecule has 0 saturated carbocycles. The molecule has 1 fully saturated rings. The van der Waals surface area contributed by atoms with E-state index in [0.717, 1.165) is 0 Å². The van der Waals surface area contributed by atoms with Crippen LogP contribution in [0.1, 0.15) is 16.6 Å². The van der Waals surface area contributed by atoms with Gasteiger partial charge in [-0.2, -0.15) is 4.39 Å². The van der Waals surface area contributed by atoms with Crippen LogP contribution in [0.2, 0.25) is 0 Å². The quantitative estimate of drug-likeness (QED) is 0.601. The second-order valence-corrected chi connectivity index (χ2v) is 5.65. The second kappa shape index (κ2) is 7.20. The van der Waals surface area contributed by atoms with Gasteiger partial charge in [0.25, 0.3) is 5.56 Å². The highest BCUT2D eigenvalue weighted by Crippen LogP contribution is 2.28. The zero-order valence-electron chi connectivity index (χ0n) is 13.2. The van der Waals surface area contributed by atoms with Gasteiger partial charge in [0.05, 0.1) is 11.8 Å². The number of rotatable bonds is 4. The van der Waals surface area contributed by atoms with E-state index in [1.165, 1.54) is 12.1 Å². The molecule has 26 heavy (non-hydrogen) atoms. The fraction of sp³-hybridized carbons (Fsp3) is 0.312. The van der Waals surface area contributed by atoms with Crippen LogP contribution in [0.25, 0.3) is 0 Å². The summed E-state index contributed by atoms with van der Waals surface area (Å²) in [6.07, 6.45) is -5.13. The molecule has 0 aliphatic carbocycles. The fourth-order valence-electron chi connectivity index (χ4n) is 2.56. The number of benzene rings is 1. The Morgan fingerprint density at radius 3 is 2.62 bits per heavy atom. The molecule has 2 heterocycles. The third kappa shape index (κ3) is 3.43. The van der Waals surface area contributed by atoms with Gasteiger partial charge in [-0.25, -0.2) is 9.59 Å². The summed E-state index contributed by atoms with van der Waals surface area (Å²) < 4.78 is 24.4. The first kappa shape index (κ1) is 18.0. The molecule has 0 bridgehead atoms. The average molecular weight is 366 g/mol. The number of aliphatic hydroxyl groups excluding tert-OH is 2. The van der Waals surface area contributed by atoms with Crippen LogP contribution in [0.15, 0.2) is 46.1 Å². The molecule has 3 rings (SSSR count). The molecule has 1 saturated heterocycles. The highest BCUT2D eigenvalue weighted by atomic mass is 19.1. The number of esters is 1. The maximum Gasteiger partial charge on any atom is 0.338 e. The Hall–Kier alpha value is -2.82. The van der Waals surface area contributed by atoms with E-state index >= 15 is 0 Å². The van der Waals surface area contributed by atoms with Gasteiger partial charge in [-0.3, -0.25) is 14.3 Å². The van der Waals surface area contributed by atoms with Crippen molar-refractivity contribution in [2.45, 2.75) is 24.5 Å². The van der Waals surface area contributed by atoms with E-state index < -0.39 is 54.2 Å². The number of carbonyl (C=O) groups is 1. The van der Waals surface area contributed by atoms with Crippen LogP contribution < -0.4 is 11.2 Å². The van der Waals surface area contributed by atoms with E-state index in [9.17, 15) is 29.0 Å². The number of halogens is 1. The molecule has 0 unspecified atom stereocenters. The van der Waals surface area contributed by atoms with Crippen molar-refractivity contribution in [1.29, 1.82) is 0 Å². The van der Waals surface area contributed by atoms with Crippen LogP contribution in [0.5, 0.6) is 0 Å². The van der Waals surface area contributed by atoms with Crippen molar-refractivity contribution < 1.29 is 28.9 Å². The molecule has 2 aromatic rings. The lowest BCUT2D eigenvalue weighted by Crippen LogP contribution is -2.38. The summed E-state index contributed by atoms with van der Waals surface area (Å²) in [4.78, 5) is 36.5. The minimum absolute atomic E-state index is 0.288. The smallest absolute Gasteiger partial charge is 0.338 e. The van der Waals surface area contributed by atoms with Crippen LogP contribution in [0.3, 0.4) is 0 Å². The monoisotopic (exact) mass is 366 g/mol. The molecular weight excluding hydrogens is 351 g/mol. The Kier molecular flexibility index (Phi) is 4.98. The van der Waals surface area contributed by atoms with Crippen molar-refractivity contribution in [3.05, 3.63) is 68.7 Å². The summed E-state index contributed by atoms with van der Waals surface area (Å²) in [5, 5.41) is 20.1. The number of aliphatic hydroxyl groups is 2. The van der Waals surface area contributed by atoms with Gasteiger partial charge in [0.1, 0.15) is 24.9 Å². The summed E-state index contributed by atoms with van der Waals surface area (Å²) in [6, 6.07) is 8.09. The van der Waals surface area contributed by atoms with Gasteiger partial charge in [0.2, 0.25) is 5.82 Å². The molecule has 3 N–H and O–H groups in total. The van der Waals surface area contributed by atoms with Gasteiger partial charge in [-0.05, 0) is 12.1 Å². The van der Waals surface area contributed by atoms with Crippen LogP contribution >= 0.6 is 0 Å². The summed E-state index contributed by atoms with van der Waals surface area (Å²) >= 11 is 0. The first-order chi connectivity index (χ1) is 12.4. The topological polar surface area (TPSA) is 131 Å². The van der Waals surface area contributed by atoms with E-state index in [0.29, 0.717) is 10.8 Å². The molecule has 0 radical (unpaired) electrons. The highest BCUT2D eigenvalue weighted by Gasteiger charge is 2.44. The van der Waals surface area contributed by atoms with Gasteiger partial charge in [0, 0.05) is 0 Å². The molecular formula is C16H15FN2O7. The lowest BCUT2D eigenvalue weighted by atomic mass is 10.1. The molecule has 1 aromatic carbocycles. The molecule has 1 aliphatic rings. The predicted octanol–water partition coefficient (Wildman–Crippen LogP) is -0.848. The molecule has 138 valence electrons. The minimum atomic E-state index is -1.60. The van der Waals surface area contributed by atoms with E-state index in [-0.39, 0.29) is 5.56 Å². The lowest BCUT2D eigenvalue weighted by Gasteiger charge is -2.16. The Bertz CT molecular complexity index is 911. The maximum atomic E-state index is 13.4. The summed E-state index contributed by atoms with van der Waals surface area (Å²) in [5.41, 5.74) is -1.95. The maximum absolute atomic E-state index is 13.4. The fourth-order valence-corrected chi connectivity index (χ4v) is 2.56. The molecule has 1 aromatic heterocycles. The number of aromatic nitrogens is 2. The Labute approximate surface area is 145 Å². The van der Waals surface area contributed by atoms with Crippen molar-refractivity contribution in [3.8, 4) is 0 Å². The molecule has 1 aliphatic heterocycles. The second-order valence-electron chi connectivity index (χ2n) is 5.65. The van der Waals surface area contributed by atoms with E-state index in [1.807, 2.05) is 0 Å². The Morgan fingerprint density at radius 1 is 1.23 bits per heavy atom. The molecule has 0 spiro atoms. The molecule has 9 nitrogen and oxygen atoms in total. The number of nitrogens with zero attached hydrogens (tertiary/aromatic N) is 1. The third-order valence-electron chi connectivity index (χ3n) is 3.92. The first-order valence-corrected chi connectivity index (χ1v) is 7.63. The van der Waals surface area contributed by atoms with Crippen molar-refractivity contribution in [1.82, 2.24) is 9.55 Å². The van der Waals surface area contributed by atoms with Gasteiger partial charge in [0.15, 0.2) is 6.23 Å². The zero-order valence-corrected chi connectivity index (χ0v) is 13.2. The third-order valence-corrected chi connectivity index (χ3v) is 3.92. The van der Waals surface area contributed by atoms with Crippen molar-refractivity contribution in [2.24, 2.45) is 0 Å². The van der Waals surface area contributed by atoms with E-state index in [4.69, 9.17) is 9.47 Å². The number of ether oxygens (including phenoxy) is 2. The highest BCUT2D eigenvalue weighted by molar-refractivity contribution is 5.89. The van der Waals surface area contributed by atoms with Crippen LogP contribution in [-0.4, -0.2) is 50.7 Å². The van der Waals surface area contributed by atoms with Gasteiger partial charge in [-0.15, -0.1) is 0 Å². The van der Waals surface area contributed by atoms with Crippen molar-refractivity contribution >= 4 is 5.97 Å². The molecule has 10 heteroatoms. The summed E-state index contributed by atoms with van der Waals surface area (Å²) in [6.45, 7) is -0.400. The van der Waals surface area contributed by atoms with Crippen LogP contribution in [0.4, 0.5) is 4.39 Å². The lowest BCUT2D eigenvalue weighted by molar-refractivity contribution is -0.0602. The Balaban J connectivity index is 1.72. The first-order valence-electron chi connectivity index (χ1n) is 7.63. The normalized spacial score (nSPS) is 25.2. The summed E-state index contributed by atoms with van der Waals surface area (Å²) in [7, 11) is 0. The number of nitrogens with one attached hydrogen (secondary N) is 1. The van der Waals surface area contributed by atoms with Gasteiger partial charge >= 0.3 is 11.7 Å². The number of carbonyl (C=O) groups excluding carboxylic acids is 1. The van der Waals surface area contributed by atoms with E-state index in [1.54, 1.807) is 23.2 Å². The number of hydrogen-bond donors (Lipinski definition) is 3. The number of hydrogen-bond acceptors (Lipinski definition) is 7. The zero-order chi connectivity index (χ0) is 18.8. The van der Waals surface area contributed by atoms with Crippen molar-refractivity contribution in [2.75, 3.05) is 6.61 Å². The van der Waals surface area contributed by atoms with E-state index in [2.05, 4.69) is 0 Å². The number of aromatic amines is 1. The standard InChI is InChI=1S/C16H15FN2O7/c17-9-6-19(16(24)18-13(9)22)14-12(21)11(20)10(26-14)7-25-15(23)8-4-2-1-3-5-8/h1-6,10-12,14,20-21H,7H2,(H,18,22,24)/t10-,11-,12-,14-/m1/s1. The molecule has 0 amide bonds. The van der Waals surface area contributed by atoms with Gasteiger partial charge in [-0.1, -0.05) is 18.2 Å². The molecule has 4 atom stereocenters. The van der Waals surface area contributed by atoms with Gasteiger partial charge < -0.3 is 19.7 Å². The largest absolute Gasteiger partial charge is 0.459 e.